The fourth-order valence-corrected chi connectivity index (χ4v) is 4.64. The van der Waals surface area contributed by atoms with E-state index in [-0.39, 0.29) is 18.5 Å². The molecular formula is C19H28ClNO5. The van der Waals surface area contributed by atoms with Gasteiger partial charge in [0.25, 0.3) is 0 Å². The number of aliphatic hydroxyl groups is 1. The number of piperidine rings is 1. The van der Waals surface area contributed by atoms with Crippen molar-refractivity contribution in [1.29, 1.82) is 0 Å². The maximum absolute atomic E-state index is 11.4. The van der Waals surface area contributed by atoms with Gasteiger partial charge in [-0.3, -0.25) is 4.79 Å². The lowest BCUT2D eigenvalue weighted by Crippen LogP contribution is -3.00. The number of halogens is 1. The molecule has 2 fully saturated rings. The number of aliphatic hydroxyl groups excluding tert-OH is 1. The molecule has 0 amide bonds. The van der Waals surface area contributed by atoms with E-state index in [1.807, 2.05) is 12.1 Å². The number of rotatable bonds is 5. The van der Waals surface area contributed by atoms with E-state index in [9.17, 15) is 9.90 Å². The van der Waals surface area contributed by atoms with Crippen molar-refractivity contribution in [3.05, 3.63) is 17.7 Å². The number of methoxy groups -OCH3 is 2. The van der Waals surface area contributed by atoms with Crippen molar-refractivity contribution < 1.29 is 41.0 Å². The minimum absolute atomic E-state index is 0. The van der Waals surface area contributed by atoms with Gasteiger partial charge in [0.05, 0.1) is 39.5 Å². The molecule has 1 aromatic rings. The number of fused-ring (bicyclic) bond motifs is 2. The number of nitrogens with zero attached hydrogens (tertiary/aromatic N) is 1. The van der Waals surface area contributed by atoms with Crippen LogP contribution in [0.3, 0.4) is 0 Å². The first-order valence-electron chi connectivity index (χ1n) is 8.83. The van der Waals surface area contributed by atoms with Crippen molar-refractivity contribution >= 4 is 5.97 Å². The summed E-state index contributed by atoms with van der Waals surface area (Å²) in [7, 11) is 5.40. The molecule has 2 aliphatic heterocycles. The average Bonchev–Trinajstić information content (AvgIpc) is 2.73. The minimum Gasteiger partial charge on any atom is -1.00 e. The summed E-state index contributed by atoms with van der Waals surface area (Å²) in [6, 6.07) is 4.82. The summed E-state index contributed by atoms with van der Waals surface area (Å²) in [6.45, 7) is 2.20. The SMILES string of the molecule is COc1cc(C[N+]2(C)C3CCC2CC(O)C3)cc(OC)c1OC(C)=O.[Cl-]. The monoisotopic (exact) mass is 385 g/mol. The molecule has 2 atom stereocenters. The summed E-state index contributed by atoms with van der Waals surface area (Å²) in [5.74, 6) is 0.911. The molecule has 2 heterocycles. The smallest absolute Gasteiger partial charge is 0.308 e. The van der Waals surface area contributed by atoms with Gasteiger partial charge in [-0.2, -0.15) is 0 Å². The van der Waals surface area contributed by atoms with Gasteiger partial charge in [0.1, 0.15) is 6.54 Å². The molecule has 26 heavy (non-hydrogen) atoms. The fourth-order valence-electron chi connectivity index (χ4n) is 4.64. The number of ether oxygens (including phenoxy) is 3. The van der Waals surface area contributed by atoms with Gasteiger partial charge in [-0.1, -0.05) is 0 Å². The number of benzene rings is 1. The lowest BCUT2D eigenvalue weighted by atomic mass is 9.95. The standard InChI is InChI=1S/C19H28NO5.ClH/c1-12(21)25-19-17(23-3)7-13(8-18(19)24-4)11-20(2)14-5-6-15(20)10-16(22)9-14;/h7-8,14-16,22H,5-6,9-11H2,1-4H3;1H/q+1;/p-1. The topological polar surface area (TPSA) is 65.0 Å². The highest BCUT2D eigenvalue weighted by Crippen LogP contribution is 2.45. The van der Waals surface area contributed by atoms with E-state index in [1.165, 1.54) is 6.92 Å². The van der Waals surface area contributed by atoms with Crippen LogP contribution in [0.2, 0.25) is 0 Å². The number of carbonyl (C=O) groups is 1. The van der Waals surface area contributed by atoms with Crippen molar-refractivity contribution in [2.24, 2.45) is 0 Å². The van der Waals surface area contributed by atoms with Gasteiger partial charge in [-0.15, -0.1) is 0 Å². The van der Waals surface area contributed by atoms with E-state index in [4.69, 9.17) is 14.2 Å². The molecule has 0 spiro atoms. The van der Waals surface area contributed by atoms with Gasteiger partial charge < -0.3 is 36.2 Å². The number of carbonyl (C=O) groups excluding carboxylic acids is 1. The van der Waals surface area contributed by atoms with Crippen molar-refractivity contribution in [3.63, 3.8) is 0 Å². The summed E-state index contributed by atoms with van der Waals surface area (Å²) >= 11 is 0. The van der Waals surface area contributed by atoms with Crippen LogP contribution in [0.4, 0.5) is 0 Å². The first kappa shape index (κ1) is 20.8. The third kappa shape index (κ3) is 3.77. The molecule has 2 bridgehead atoms. The Bertz CT molecular complexity index is 626. The first-order chi connectivity index (χ1) is 11.9. The Morgan fingerprint density at radius 3 is 2.08 bits per heavy atom. The second-order valence-electron chi connectivity index (χ2n) is 7.44. The Hall–Kier alpha value is -1.50. The van der Waals surface area contributed by atoms with Crippen molar-refractivity contribution in [3.8, 4) is 17.2 Å². The third-order valence-electron chi connectivity index (χ3n) is 5.88. The van der Waals surface area contributed by atoms with Gasteiger partial charge in [-0.25, -0.2) is 0 Å². The van der Waals surface area contributed by atoms with Crippen LogP contribution in [0.25, 0.3) is 0 Å². The van der Waals surface area contributed by atoms with Crippen LogP contribution in [-0.2, 0) is 11.3 Å². The van der Waals surface area contributed by atoms with Crippen LogP contribution >= 0.6 is 0 Å². The molecule has 0 radical (unpaired) electrons. The summed E-state index contributed by atoms with van der Waals surface area (Å²) in [6.07, 6.45) is 3.90. The highest BCUT2D eigenvalue weighted by Gasteiger charge is 2.51. The molecule has 6 nitrogen and oxygen atoms in total. The second-order valence-corrected chi connectivity index (χ2v) is 7.44. The molecule has 7 heteroatoms. The van der Waals surface area contributed by atoms with Crippen LogP contribution in [0.1, 0.15) is 38.2 Å². The zero-order chi connectivity index (χ0) is 18.2. The highest BCUT2D eigenvalue weighted by atomic mass is 35.5. The molecule has 146 valence electrons. The predicted octanol–water partition coefficient (Wildman–Crippen LogP) is -0.735. The van der Waals surface area contributed by atoms with Crippen LogP contribution < -0.4 is 26.6 Å². The molecular weight excluding hydrogens is 358 g/mol. The van der Waals surface area contributed by atoms with E-state index < -0.39 is 5.97 Å². The number of quaternary nitrogens is 1. The summed E-state index contributed by atoms with van der Waals surface area (Å²) in [5.41, 5.74) is 1.08. The average molecular weight is 386 g/mol. The predicted molar refractivity (Wildman–Crippen MR) is 92.8 cm³/mol. The van der Waals surface area contributed by atoms with E-state index >= 15 is 0 Å². The van der Waals surface area contributed by atoms with Gasteiger partial charge >= 0.3 is 5.97 Å². The molecule has 2 saturated heterocycles. The molecule has 1 N–H and O–H groups in total. The molecule has 0 aliphatic carbocycles. The molecule has 0 saturated carbocycles. The Labute approximate surface area is 161 Å². The van der Waals surface area contributed by atoms with Crippen molar-refractivity contribution in [1.82, 2.24) is 0 Å². The normalized spacial score (nSPS) is 29.7. The molecule has 0 aromatic heterocycles. The Morgan fingerprint density at radius 2 is 1.65 bits per heavy atom. The largest absolute Gasteiger partial charge is 1.00 e. The highest BCUT2D eigenvalue weighted by molar-refractivity contribution is 5.72. The summed E-state index contributed by atoms with van der Waals surface area (Å²) < 4.78 is 17.1. The van der Waals surface area contributed by atoms with Crippen molar-refractivity contribution in [2.75, 3.05) is 21.3 Å². The summed E-state index contributed by atoms with van der Waals surface area (Å²) in [5, 5.41) is 10.1. The zero-order valence-electron chi connectivity index (χ0n) is 15.8. The lowest BCUT2D eigenvalue weighted by Gasteiger charge is -2.46. The second kappa shape index (κ2) is 8.03. The quantitative estimate of drug-likeness (QED) is 0.411. The van der Waals surface area contributed by atoms with Crippen LogP contribution in [0.5, 0.6) is 17.2 Å². The maximum atomic E-state index is 11.4. The van der Waals surface area contributed by atoms with Gasteiger partial charge in [0.2, 0.25) is 5.75 Å². The molecule has 1 aromatic carbocycles. The van der Waals surface area contributed by atoms with Gasteiger partial charge in [-0.05, 0) is 12.1 Å². The van der Waals surface area contributed by atoms with E-state index in [1.54, 1.807) is 14.2 Å². The summed E-state index contributed by atoms with van der Waals surface area (Å²) in [4.78, 5) is 11.4. The van der Waals surface area contributed by atoms with Crippen LogP contribution in [0.15, 0.2) is 12.1 Å². The van der Waals surface area contributed by atoms with Crippen molar-refractivity contribution in [2.45, 2.75) is 57.3 Å². The maximum Gasteiger partial charge on any atom is 0.308 e. The minimum atomic E-state index is -0.411. The van der Waals surface area contributed by atoms with E-state index in [0.717, 1.165) is 42.3 Å². The Balaban J connectivity index is 0.00000243. The fraction of sp³-hybridized carbons (Fsp3) is 0.632. The van der Waals surface area contributed by atoms with Gasteiger partial charge in [0.15, 0.2) is 11.5 Å². The number of hydrogen-bond donors (Lipinski definition) is 1. The van der Waals surface area contributed by atoms with Crippen LogP contribution in [0, 0.1) is 0 Å². The third-order valence-corrected chi connectivity index (χ3v) is 5.88. The molecule has 3 rings (SSSR count). The first-order valence-corrected chi connectivity index (χ1v) is 8.83. The van der Waals surface area contributed by atoms with E-state index in [0.29, 0.717) is 29.3 Å². The Kier molecular flexibility index (Phi) is 6.42. The molecule has 2 aliphatic rings. The van der Waals surface area contributed by atoms with E-state index in [2.05, 4.69) is 7.05 Å². The lowest BCUT2D eigenvalue weighted by molar-refractivity contribution is -0.961. The number of esters is 1. The zero-order valence-corrected chi connectivity index (χ0v) is 16.6. The van der Waals surface area contributed by atoms with Gasteiger partial charge in [0, 0.05) is 38.2 Å². The Morgan fingerprint density at radius 1 is 1.15 bits per heavy atom. The van der Waals surface area contributed by atoms with Crippen LogP contribution in [-0.4, -0.2) is 55.0 Å². The molecule has 2 unspecified atom stereocenters. The number of hydrogen-bond acceptors (Lipinski definition) is 5.